The first-order valence-corrected chi connectivity index (χ1v) is 10.7. The molecule has 34 heavy (non-hydrogen) atoms. The van der Waals surface area contributed by atoms with Crippen LogP contribution in [0.15, 0.2) is 55.1 Å². The van der Waals surface area contributed by atoms with Gasteiger partial charge in [0.1, 0.15) is 18.3 Å². The van der Waals surface area contributed by atoms with Crippen LogP contribution >= 0.6 is 23.2 Å². The van der Waals surface area contributed by atoms with E-state index in [4.69, 9.17) is 23.2 Å². The largest absolute Gasteiger partial charge is 0.530 e. The molecule has 0 unspecified atom stereocenters. The number of benzene rings is 2. The maximum Gasteiger partial charge on any atom is 0.397 e. The van der Waals surface area contributed by atoms with E-state index < -0.39 is 49.0 Å². The number of amides is 2. The Labute approximate surface area is 204 Å². The monoisotopic (exact) mass is 519 g/mol. The van der Waals surface area contributed by atoms with Gasteiger partial charge in [0.15, 0.2) is 0 Å². The summed E-state index contributed by atoms with van der Waals surface area (Å²) in [7, 11) is 1.11. The summed E-state index contributed by atoms with van der Waals surface area (Å²) in [4.78, 5) is 26.2. The average Bonchev–Trinajstić information content (AvgIpc) is 2.73. The van der Waals surface area contributed by atoms with E-state index in [0.29, 0.717) is 0 Å². The Hall–Kier alpha value is -2.78. The molecule has 2 rings (SSSR count). The summed E-state index contributed by atoms with van der Waals surface area (Å²) in [6, 6.07) is 9.56. The fourth-order valence-electron chi connectivity index (χ4n) is 3.62. The molecule has 0 N–H and O–H groups in total. The molecule has 0 aliphatic carbocycles. The van der Waals surface area contributed by atoms with Gasteiger partial charge < -0.3 is 19.7 Å². The lowest BCUT2D eigenvalue weighted by atomic mass is 9.83. The molecule has 5 nitrogen and oxygen atoms in total. The minimum absolute atomic E-state index is 0.00975. The second kappa shape index (κ2) is 11.1. The molecule has 0 fully saturated rings. The van der Waals surface area contributed by atoms with Crippen molar-refractivity contribution < 1.29 is 32.3 Å². The van der Waals surface area contributed by atoms with Crippen molar-refractivity contribution in [3.63, 3.8) is 0 Å². The van der Waals surface area contributed by atoms with Crippen molar-refractivity contribution in [2.24, 2.45) is 0 Å². The lowest BCUT2D eigenvalue weighted by molar-refractivity contribution is -0.274. The van der Waals surface area contributed by atoms with E-state index in [1.165, 1.54) is 42.5 Å². The van der Waals surface area contributed by atoms with Crippen LogP contribution in [-0.2, 0) is 16.9 Å². The number of rotatable bonds is 9. The third kappa shape index (κ3) is 6.64. The Bertz CT molecular complexity index is 1060. The van der Waals surface area contributed by atoms with Crippen molar-refractivity contribution in [3.8, 4) is 0 Å². The third-order valence-corrected chi connectivity index (χ3v) is 5.98. The number of carbonyl (C=O) groups is 2. The van der Waals surface area contributed by atoms with Gasteiger partial charge in [-0.05, 0) is 30.2 Å². The van der Waals surface area contributed by atoms with Crippen molar-refractivity contribution in [3.05, 3.63) is 82.1 Å². The summed E-state index contributed by atoms with van der Waals surface area (Å²) in [5.41, 5.74) is -1.54. The Morgan fingerprint density at radius 1 is 1.12 bits per heavy atom. The number of alkyl halides is 3. The molecule has 1 atom stereocenters. The van der Waals surface area contributed by atoms with E-state index in [-0.39, 0.29) is 27.6 Å². The van der Waals surface area contributed by atoms with Crippen LogP contribution in [0.25, 0.3) is 0 Å². The molecular weight excluding hydrogens is 499 g/mol. The van der Waals surface area contributed by atoms with Gasteiger partial charge in [0, 0.05) is 25.7 Å². The number of hydrogen-bond acceptors (Lipinski definition) is 3. The Morgan fingerprint density at radius 2 is 1.76 bits per heavy atom. The van der Waals surface area contributed by atoms with Gasteiger partial charge in [-0.2, -0.15) is 13.2 Å². The van der Waals surface area contributed by atoms with Crippen LogP contribution in [0.3, 0.4) is 0 Å². The summed E-state index contributed by atoms with van der Waals surface area (Å²) >= 11 is 12.1. The van der Waals surface area contributed by atoms with Gasteiger partial charge in [0.25, 0.3) is 0 Å². The van der Waals surface area contributed by atoms with Crippen molar-refractivity contribution in [2.75, 3.05) is 13.6 Å². The van der Waals surface area contributed by atoms with Crippen molar-refractivity contribution in [1.29, 1.82) is 0 Å². The van der Waals surface area contributed by atoms with Crippen LogP contribution in [-0.4, -0.2) is 41.6 Å². The minimum atomic E-state index is -4.77. The predicted molar refractivity (Wildman–Crippen MR) is 119 cm³/mol. The van der Waals surface area contributed by atoms with Crippen LogP contribution in [0, 0.1) is 5.82 Å². The maximum absolute atomic E-state index is 14.4. The van der Waals surface area contributed by atoms with Crippen molar-refractivity contribution >= 4 is 35.2 Å². The summed E-state index contributed by atoms with van der Waals surface area (Å²) in [6.07, 6.45) is -7.09. The second-order valence-corrected chi connectivity index (χ2v) is 8.45. The zero-order chi connectivity index (χ0) is 25.7. The van der Waals surface area contributed by atoms with Gasteiger partial charge in [0.2, 0.25) is 5.91 Å². The van der Waals surface area contributed by atoms with Crippen LogP contribution in [0.5, 0.6) is 0 Å². The number of nitrogens with zero attached hydrogens (tertiary/aromatic N) is 2. The van der Waals surface area contributed by atoms with E-state index in [2.05, 4.69) is 6.58 Å². The van der Waals surface area contributed by atoms with Gasteiger partial charge in [-0.15, -0.1) is 6.58 Å². The standard InChI is InChI=1S/C23H22Cl2F4N2O3/c1-3-10-22(16-8-9-17(24)18(25)11-16,14-30(2)20(32)12-23(27,28)29)31(21(33)34)13-15-6-4-5-7-19(15)26/h3-9,11H,1,10,12-14H2,2H3,(H,33,34)/p-1/t22-/m1/s1. The molecule has 11 heteroatoms. The van der Waals surface area contributed by atoms with Gasteiger partial charge >= 0.3 is 6.18 Å². The predicted octanol–water partition coefficient (Wildman–Crippen LogP) is 5.16. The minimum Gasteiger partial charge on any atom is -0.530 e. The molecule has 0 aliphatic heterocycles. The highest BCUT2D eigenvalue weighted by Gasteiger charge is 2.42. The summed E-state index contributed by atoms with van der Waals surface area (Å²) < 4.78 is 52.9. The van der Waals surface area contributed by atoms with Gasteiger partial charge in [-0.1, -0.05) is 53.5 Å². The van der Waals surface area contributed by atoms with E-state index >= 15 is 0 Å². The number of halogens is 6. The number of likely N-dealkylation sites (N-methyl/N-ethyl adjacent to an activating group) is 1. The van der Waals surface area contributed by atoms with Gasteiger partial charge in [0.05, 0.1) is 15.6 Å². The van der Waals surface area contributed by atoms with Crippen LogP contribution in [0.4, 0.5) is 22.4 Å². The zero-order valence-corrected chi connectivity index (χ0v) is 19.6. The first-order chi connectivity index (χ1) is 15.8. The fraction of sp³-hybridized carbons (Fsp3) is 0.304. The normalized spacial score (nSPS) is 13.1. The maximum atomic E-state index is 14.4. The highest BCUT2D eigenvalue weighted by Crippen LogP contribution is 2.38. The summed E-state index contributed by atoms with van der Waals surface area (Å²) in [5.74, 6) is -1.98. The van der Waals surface area contributed by atoms with Crippen molar-refractivity contribution in [2.45, 2.75) is 31.1 Å². The quantitative estimate of drug-likeness (QED) is 0.339. The molecule has 2 aromatic rings. The first kappa shape index (κ1) is 27.5. The molecule has 2 aromatic carbocycles. The number of hydrogen-bond donors (Lipinski definition) is 0. The first-order valence-electron chi connectivity index (χ1n) is 9.90. The molecule has 0 aromatic heterocycles. The van der Waals surface area contributed by atoms with E-state index in [1.807, 2.05) is 0 Å². The van der Waals surface area contributed by atoms with Crippen LogP contribution < -0.4 is 5.11 Å². The topological polar surface area (TPSA) is 63.7 Å². The highest BCUT2D eigenvalue weighted by atomic mass is 35.5. The number of carboxylic acid groups (broad SMARTS) is 1. The molecule has 0 saturated carbocycles. The second-order valence-electron chi connectivity index (χ2n) is 7.64. The van der Waals surface area contributed by atoms with Gasteiger partial charge in [-0.25, -0.2) is 4.39 Å². The Balaban J connectivity index is 2.68. The molecule has 0 bridgehead atoms. The lowest BCUT2D eigenvalue weighted by Gasteiger charge is -2.47. The smallest absolute Gasteiger partial charge is 0.397 e. The van der Waals surface area contributed by atoms with Crippen molar-refractivity contribution in [1.82, 2.24) is 9.80 Å². The average molecular weight is 520 g/mol. The fourth-order valence-corrected chi connectivity index (χ4v) is 3.92. The molecule has 0 aliphatic rings. The molecule has 0 heterocycles. The SMILES string of the molecule is C=CC[C@@](CN(C)C(=O)CC(F)(F)F)(c1ccc(Cl)c(Cl)c1)N(Cc1ccccc1F)C(=O)[O-]. The summed E-state index contributed by atoms with van der Waals surface area (Å²) in [5, 5.41) is 12.5. The Morgan fingerprint density at radius 3 is 2.29 bits per heavy atom. The molecule has 0 saturated heterocycles. The highest BCUT2D eigenvalue weighted by molar-refractivity contribution is 6.42. The van der Waals surface area contributed by atoms with E-state index in [9.17, 15) is 32.3 Å². The molecule has 184 valence electrons. The van der Waals surface area contributed by atoms with E-state index in [1.54, 1.807) is 0 Å². The summed E-state index contributed by atoms with van der Waals surface area (Å²) in [6.45, 7) is 2.58. The van der Waals surface area contributed by atoms with Crippen LogP contribution in [0.2, 0.25) is 10.0 Å². The molecule has 0 radical (unpaired) electrons. The molecular formula is C23H21Cl2F4N2O3-. The Kier molecular flexibility index (Phi) is 8.96. The molecule has 0 spiro atoms. The third-order valence-electron chi connectivity index (χ3n) is 5.24. The lowest BCUT2D eigenvalue weighted by Crippen LogP contribution is -2.58. The molecule has 2 amide bonds. The van der Waals surface area contributed by atoms with Crippen LogP contribution in [0.1, 0.15) is 24.0 Å². The van der Waals surface area contributed by atoms with E-state index in [0.717, 1.165) is 22.9 Å². The number of carbonyl (C=O) groups excluding carboxylic acids is 2. The zero-order valence-electron chi connectivity index (χ0n) is 18.0. The van der Waals surface area contributed by atoms with Gasteiger partial charge in [-0.3, -0.25) is 4.79 Å².